The van der Waals surface area contributed by atoms with Gasteiger partial charge in [0.05, 0.1) is 10.5 Å². The number of hydrogen-bond donors (Lipinski definition) is 0. The Hall–Kier alpha value is -2.83. The highest BCUT2D eigenvalue weighted by molar-refractivity contribution is 5.91. The fraction of sp³-hybridized carbons (Fsp3) is 0.0714. The quantitative estimate of drug-likeness (QED) is 0.376. The summed E-state index contributed by atoms with van der Waals surface area (Å²) in [5, 5.41) is 10.7. The molecule has 0 heterocycles. The first-order valence-corrected chi connectivity index (χ1v) is 5.81. The summed E-state index contributed by atoms with van der Waals surface area (Å²) in [5.41, 5.74) is -0.250. The van der Waals surface area contributed by atoms with Crippen molar-refractivity contribution in [3.63, 3.8) is 0 Å². The van der Waals surface area contributed by atoms with E-state index >= 15 is 0 Å². The molecule has 0 amide bonds. The zero-order chi connectivity index (χ0) is 15.6. The van der Waals surface area contributed by atoms with Crippen molar-refractivity contribution in [3.05, 3.63) is 69.3 Å². The molecule has 0 aromatic heterocycles. The maximum atomic E-state index is 13.4. The zero-order valence-electron chi connectivity index (χ0n) is 10.8. The Labute approximate surface area is 117 Å². The normalized spacial score (nSPS) is 10.2. The number of rotatable bonds is 3. The van der Waals surface area contributed by atoms with E-state index in [1.165, 1.54) is 25.1 Å². The van der Waals surface area contributed by atoms with E-state index < -0.39 is 28.1 Å². The highest BCUT2D eigenvalue weighted by Crippen LogP contribution is 2.24. The van der Waals surface area contributed by atoms with E-state index in [0.717, 1.165) is 12.1 Å². The molecule has 0 unspecified atom stereocenters. The first-order chi connectivity index (χ1) is 9.88. The predicted molar refractivity (Wildman–Crippen MR) is 69.1 cm³/mol. The van der Waals surface area contributed by atoms with Crippen LogP contribution in [0.4, 0.5) is 14.5 Å². The standard InChI is InChI=1S/C14H9F2NO4/c1-8-6-10(3-5-13(8)17(19)20)21-14(18)11-4-2-9(15)7-12(11)16/h2-7H,1H3. The fourth-order valence-electron chi connectivity index (χ4n) is 1.71. The number of aryl methyl sites for hydroxylation is 1. The number of nitrogens with zero attached hydrogens (tertiary/aromatic N) is 1. The molecule has 108 valence electrons. The van der Waals surface area contributed by atoms with Crippen molar-refractivity contribution in [3.8, 4) is 5.75 Å². The van der Waals surface area contributed by atoms with Gasteiger partial charge in [-0.1, -0.05) is 0 Å². The number of benzene rings is 2. The number of esters is 1. The molecule has 2 aromatic rings. The van der Waals surface area contributed by atoms with Crippen LogP contribution < -0.4 is 4.74 Å². The van der Waals surface area contributed by atoms with Crippen LogP contribution in [0.3, 0.4) is 0 Å². The molecule has 5 nitrogen and oxygen atoms in total. The maximum absolute atomic E-state index is 13.4. The topological polar surface area (TPSA) is 69.4 Å². The Bertz CT molecular complexity index is 731. The number of nitro groups is 1. The summed E-state index contributed by atoms with van der Waals surface area (Å²) in [6.07, 6.45) is 0. The van der Waals surface area contributed by atoms with Crippen molar-refractivity contribution in [2.75, 3.05) is 0 Å². The molecule has 21 heavy (non-hydrogen) atoms. The molecule has 0 atom stereocenters. The Morgan fingerprint density at radius 1 is 1.19 bits per heavy atom. The van der Waals surface area contributed by atoms with E-state index in [4.69, 9.17) is 4.74 Å². The van der Waals surface area contributed by atoms with Crippen molar-refractivity contribution >= 4 is 11.7 Å². The second kappa shape index (κ2) is 5.66. The van der Waals surface area contributed by atoms with Crippen LogP contribution in [-0.2, 0) is 0 Å². The monoisotopic (exact) mass is 293 g/mol. The highest BCUT2D eigenvalue weighted by atomic mass is 19.1. The lowest BCUT2D eigenvalue weighted by atomic mass is 10.2. The summed E-state index contributed by atoms with van der Waals surface area (Å²) in [7, 11) is 0. The van der Waals surface area contributed by atoms with Gasteiger partial charge in [-0.25, -0.2) is 13.6 Å². The van der Waals surface area contributed by atoms with E-state index in [1.807, 2.05) is 0 Å². The lowest BCUT2D eigenvalue weighted by Crippen LogP contribution is -2.11. The molecule has 0 fully saturated rings. The number of ether oxygens (including phenoxy) is 1. The Morgan fingerprint density at radius 2 is 1.90 bits per heavy atom. The minimum absolute atomic E-state index is 0.0341. The van der Waals surface area contributed by atoms with Crippen LogP contribution in [-0.4, -0.2) is 10.9 Å². The molecule has 2 rings (SSSR count). The third kappa shape index (κ3) is 3.19. The van der Waals surface area contributed by atoms with E-state index in [1.54, 1.807) is 0 Å². The van der Waals surface area contributed by atoms with Crippen LogP contribution in [0.15, 0.2) is 36.4 Å². The van der Waals surface area contributed by atoms with Gasteiger partial charge >= 0.3 is 5.97 Å². The van der Waals surface area contributed by atoms with Gasteiger partial charge < -0.3 is 4.74 Å². The summed E-state index contributed by atoms with van der Waals surface area (Å²) in [5.74, 6) is -2.83. The molecule has 0 spiro atoms. The molecule has 0 radical (unpaired) electrons. The SMILES string of the molecule is Cc1cc(OC(=O)c2ccc(F)cc2F)ccc1[N+](=O)[O-]. The van der Waals surface area contributed by atoms with Crippen LogP contribution >= 0.6 is 0 Å². The number of nitro benzene ring substituents is 1. The second-order valence-corrected chi connectivity index (χ2v) is 4.22. The summed E-state index contributed by atoms with van der Waals surface area (Å²) in [4.78, 5) is 21.9. The molecule has 7 heteroatoms. The van der Waals surface area contributed by atoms with Gasteiger partial charge in [0.2, 0.25) is 0 Å². The van der Waals surface area contributed by atoms with Gasteiger partial charge in [0, 0.05) is 17.7 Å². The number of halogens is 2. The number of hydrogen-bond acceptors (Lipinski definition) is 4. The smallest absolute Gasteiger partial charge is 0.346 e. The molecule has 2 aromatic carbocycles. The van der Waals surface area contributed by atoms with E-state index in [2.05, 4.69) is 0 Å². The molecule has 0 aliphatic heterocycles. The van der Waals surface area contributed by atoms with Crippen molar-refractivity contribution in [1.82, 2.24) is 0 Å². The average Bonchev–Trinajstić information content (AvgIpc) is 2.37. The van der Waals surface area contributed by atoms with Crippen molar-refractivity contribution in [2.24, 2.45) is 0 Å². The Morgan fingerprint density at radius 3 is 2.48 bits per heavy atom. The van der Waals surface area contributed by atoms with Gasteiger partial charge in [0.1, 0.15) is 17.4 Å². The van der Waals surface area contributed by atoms with Crippen LogP contribution in [0.1, 0.15) is 15.9 Å². The van der Waals surface area contributed by atoms with Gasteiger partial charge in [-0.3, -0.25) is 10.1 Å². The molecule has 0 saturated carbocycles. The number of carbonyl (C=O) groups excluding carboxylic acids is 1. The van der Waals surface area contributed by atoms with Crippen molar-refractivity contribution in [2.45, 2.75) is 6.92 Å². The lowest BCUT2D eigenvalue weighted by Gasteiger charge is -2.06. The third-order valence-corrected chi connectivity index (χ3v) is 2.73. The molecule has 0 N–H and O–H groups in total. The molecular formula is C14H9F2NO4. The molecule has 0 aliphatic carbocycles. The van der Waals surface area contributed by atoms with Crippen molar-refractivity contribution in [1.29, 1.82) is 0 Å². The van der Waals surface area contributed by atoms with E-state index in [0.29, 0.717) is 11.6 Å². The van der Waals surface area contributed by atoms with Crippen LogP contribution in [0.25, 0.3) is 0 Å². The molecule has 0 saturated heterocycles. The summed E-state index contributed by atoms with van der Waals surface area (Å²) < 4.78 is 31.1. The fourth-order valence-corrected chi connectivity index (χ4v) is 1.71. The summed E-state index contributed by atoms with van der Waals surface area (Å²) >= 11 is 0. The first kappa shape index (κ1) is 14.6. The van der Waals surface area contributed by atoms with Gasteiger partial charge in [0.25, 0.3) is 5.69 Å². The van der Waals surface area contributed by atoms with Gasteiger partial charge in [-0.2, -0.15) is 0 Å². The minimum Gasteiger partial charge on any atom is -0.423 e. The van der Waals surface area contributed by atoms with Crippen LogP contribution in [0, 0.1) is 28.7 Å². The van der Waals surface area contributed by atoms with E-state index in [-0.39, 0.29) is 11.4 Å². The average molecular weight is 293 g/mol. The predicted octanol–water partition coefficient (Wildman–Crippen LogP) is 3.40. The lowest BCUT2D eigenvalue weighted by molar-refractivity contribution is -0.385. The third-order valence-electron chi connectivity index (χ3n) is 2.73. The minimum atomic E-state index is -1.04. The van der Waals surface area contributed by atoms with E-state index in [9.17, 15) is 23.7 Å². The van der Waals surface area contributed by atoms with Gasteiger partial charge in [-0.15, -0.1) is 0 Å². The largest absolute Gasteiger partial charge is 0.423 e. The van der Waals surface area contributed by atoms with Crippen LogP contribution in [0.2, 0.25) is 0 Å². The van der Waals surface area contributed by atoms with Gasteiger partial charge in [0.15, 0.2) is 0 Å². The Kier molecular flexibility index (Phi) is 3.93. The molecule has 0 bridgehead atoms. The Balaban J connectivity index is 2.23. The first-order valence-electron chi connectivity index (χ1n) is 5.81. The van der Waals surface area contributed by atoms with Crippen LogP contribution in [0.5, 0.6) is 5.75 Å². The number of carbonyl (C=O) groups is 1. The summed E-state index contributed by atoms with van der Waals surface area (Å²) in [6.45, 7) is 1.48. The zero-order valence-corrected chi connectivity index (χ0v) is 10.8. The molecule has 0 aliphatic rings. The highest BCUT2D eigenvalue weighted by Gasteiger charge is 2.17. The van der Waals surface area contributed by atoms with Crippen molar-refractivity contribution < 1.29 is 23.2 Å². The summed E-state index contributed by atoms with van der Waals surface area (Å²) in [6, 6.07) is 6.16. The maximum Gasteiger partial charge on any atom is 0.346 e. The van der Waals surface area contributed by atoms with Gasteiger partial charge in [-0.05, 0) is 31.2 Å². The second-order valence-electron chi connectivity index (χ2n) is 4.22. The molecular weight excluding hydrogens is 284 g/mol.